The summed E-state index contributed by atoms with van der Waals surface area (Å²) in [5.41, 5.74) is 0. The maximum absolute atomic E-state index is 11.4. The summed E-state index contributed by atoms with van der Waals surface area (Å²) in [6, 6.07) is 12.9. The Morgan fingerprint density at radius 1 is 0.534 bits per heavy atom. The lowest BCUT2D eigenvalue weighted by atomic mass is 9.99. The summed E-state index contributed by atoms with van der Waals surface area (Å²) in [5.74, 6) is -1.18. The van der Waals surface area contributed by atoms with Gasteiger partial charge in [-0.15, -0.1) is 0 Å². The number of aliphatic carboxylic acids is 2. The van der Waals surface area contributed by atoms with Crippen molar-refractivity contribution in [2.75, 3.05) is 0 Å². The van der Waals surface area contributed by atoms with E-state index in [4.69, 9.17) is 50.7 Å². The molecule has 0 radical (unpaired) electrons. The molecule has 0 saturated heterocycles. The zero-order chi connectivity index (χ0) is 41.6. The molecule has 342 valence electrons. The molecule has 19 heteroatoms. The second kappa shape index (κ2) is 43.0. The average molecular weight is 901 g/mol. The largest absolute Gasteiger partial charge is 0.481 e. The molecule has 0 saturated carbocycles. The van der Waals surface area contributed by atoms with E-state index in [1.54, 1.807) is 0 Å². The second-order valence-corrected chi connectivity index (χ2v) is 29.8. The lowest BCUT2D eigenvalue weighted by Gasteiger charge is -2.44. The van der Waals surface area contributed by atoms with Gasteiger partial charge in [-0.2, -0.15) is 38.4 Å². The van der Waals surface area contributed by atoms with Gasteiger partial charge in [-0.25, -0.2) is 0 Å². The van der Waals surface area contributed by atoms with Gasteiger partial charge < -0.3 is 22.6 Å². The summed E-state index contributed by atoms with van der Waals surface area (Å²) < 4.78 is 21.5. The molecule has 1 aromatic carbocycles. The minimum Gasteiger partial charge on any atom is -0.481 e. The van der Waals surface area contributed by atoms with Crippen molar-refractivity contribution in [2.24, 2.45) is 17.8 Å². The lowest BCUT2D eigenvalue weighted by Crippen LogP contribution is -2.64. The van der Waals surface area contributed by atoms with Crippen molar-refractivity contribution < 1.29 is 70.5 Å². The van der Waals surface area contributed by atoms with Gasteiger partial charge in [0.1, 0.15) is 0 Å². The molecule has 58 heavy (non-hydrogen) atoms. The van der Waals surface area contributed by atoms with Crippen molar-refractivity contribution in [3.8, 4) is 0 Å². The fourth-order valence-corrected chi connectivity index (χ4v) is 25.3. The fourth-order valence-electron chi connectivity index (χ4n) is 5.14. The molecule has 2 atom stereocenters. The van der Waals surface area contributed by atoms with E-state index in [1.807, 2.05) is 18.2 Å². The predicted molar refractivity (Wildman–Crippen MR) is 234 cm³/mol. The summed E-state index contributed by atoms with van der Waals surface area (Å²) >= 11 is 0. The highest BCUT2D eigenvalue weighted by Gasteiger charge is 2.49. The van der Waals surface area contributed by atoms with E-state index in [1.165, 1.54) is 0 Å². The average Bonchev–Trinajstić information content (AvgIpc) is 2.99. The lowest BCUT2D eigenvalue weighted by molar-refractivity contribution is -0.193. The molecule has 0 aliphatic heterocycles. The van der Waals surface area contributed by atoms with Gasteiger partial charge in [0.05, 0.1) is 0 Å². The van der Waals surface area contributed by atoms with Gasteiger partial charge >= 0.3 is 53.7 Å². The Labute approximate surface area is 354 Å². The predicted octanol–water partition coefficient (Wildman–Crippen LogP) is 9.03. The number of benzene rings is 1. The van der Waals surface area contributed by atoms with Crippen LogP contribution in [0.5, 0.6) is 0 Å². The number of carbonyl (C=O) groups is 2. The number of rotatable bonds is 20. The Morgan fingerprint density at radius 2 is 0.845 bits per heavy atom. The number of carboxylic acids is 2. The van der Waals surface area contributed by atoms with Gasteiger partial charge in [0.15, 0.2) is 16.6 Å². The van der Waals surface area contributed by atoms with Crippen LogP contribution in [-0.2, 0) is 60.3 Å². The Kier molecular flexibility index (Phi) is 58.4. The number of hydrogen-bond acceptors (Lipinski definition) is 13. The van der Waals surface area contributed by atoms with Crippen LogP contribution in [-0.4, -0.2) is 80.5 Å². The topological polar surface area (TPSA) is 239 Å². The molecule has 0 bridgehead atoms. The maximum Gasteiger partial charge on any atom is 0.373 e. The van der Waals surface area contributed by atoms with E-state index in [2.05, 4.69) is 79.1 Å². The molecule has 0 aliphatic rings. The third-order valence-corrected chi connectivity index (χ3v) is 23.8. The van der Waals surface area contributed by atoms with E-state index in [-0.39, 0.29) is 82.0 Å². The Balaban J connectivity index is -0.000000142. The first-order chi connectivity index (χ1) is 23.9. The van der Waals surface area contributed by atoms with Gasteiger partial charge in [-0.3, -0.25) is 9.59 Å². The van der Waals surface area contributed by atoms with Crippen LogP contribution in [0.1, 0.15) is 104 Å². The Bertz CT molecular complexity index is 1220. The molecule has 0 heterocycles. The summed E-state index contributed by atoms with van der Waals surface area (Å²) in [6.45, 7) is 22.2. The van der Waals surface area contributed by atoms with Crippen LogP contribution in [0, 0.1) is 17.8 Å². The normalized spacial score (nSPS) is 11.5. The molecule has 2 N–H and O–H groups in total. The van der Waals surface area contributed by atoms with Crippen molar-refractivity contribution in [2.45, 2.75) is 162 Å². The molecular weight excluding hydrogens is 821 g/mol. The first-order valence-corrected chi connectivity index (χ1v) is 27.6. The highest BCUT2D eigenvalue weighted by Crippen LogP contribution is 2.33. The van der Waals surface area contributed by atoms with E-state index in [0.29, 0.717) is 24.3 Å². The zero-order valence-corrected chi connectivity index (χ0v) is 36.0. The van der Waals surface area contributed by atoms with Crippen LogP contribution in [0.2, 0.25) is 57.4 Å². The van der Waals surface area contributed by atoms with Crippen molar-refractivity contribution in [3.63, 3.8) is 0 Å². The quantitative estimate of drug-likeness (QED) is 0.116. The Hall–Kier alpha value is -3.57. The second-order valence-electron chi connectivity index (χ2n) is 14.1. The smallest absolute Gasteiger partial charge is 0.373 e. The number of carboxylic acid groups (broad SMARTS) is 2. The van der Waals surface area contributed by atoms with Crippen molar-refractivity contribution in [1.29, 1.82) is 0 Å². The number of hydrogen-bond donors (Lipinski definition) is 2. The first kappa shape index (κ1) is 78.7. The third kappa shape index (κ3) is 46.8. The van der Waals surface area contributed by atoms with Crippen LogP contribution in [0.25, 0.3) is 0 Å². The molecule has 0 aliphatic carbocycles. The molecule has 1 aromatic rings. The third-order valence-electron chi connectivity index (χ3n) is 7.25. The van der Waals surface area contributed by atoms with Gasteiger partial charge in [-0.1, -0.05) is 109 Å². The number of carbonyl (C=O) groups excluding carboxylic acids is 8. The van der Waals surface area contributed by atoms with Crippen LogP contribution < -0.4 is 5.19 Å². The van der Waals surface area contributed by atoms with E-state index in [9.17, 15) is 19.8 Å². The van der Waals surface area contributed by atoms with Crippen molar-refractivity contribution >= 4 is 75.5 Å². The molecule has 0 fully saturated rings. The van der Waals surface area contributed by atoms with E-state index in [0.717, 1.165) is 30.1 Å². The van der Waals surface area contributed by atoms with Gasteiger partial charge in [0, 0.05) is 12.8 Å². The summed E-state index contributed by atoms with van der Waals surface area (Å²) in [6.07, 6.45) is 3.38. The van der Waals surface area contributed by atoms with Crippen LogP contribution in [0.15, 0.2) is 30.3 Å². The standard InChI is InChI=1S/C29H56O7Si4.4CO2.6CH4/c1-24(2)16-19-37(5,6)34-39(9,21-17-25(3)4)36-40(10,27-14-12-11-13-15-27)35-38(7,8)20-18-26(22-28(30)31)23-29(32)33;4*2-1-3;;;;;;/h11-15,24-26H,16-23H2,1-10H3,(H,30,31)(H,32,33);;;;;6*1H4. The highest BCUT2D eigenvalue weighted by molar-refractivity contribution is 6.95. The van der Waals surface area contributed by atoms with Crippen LogP contribution in [0.4, 0.5) is 0 Å². The van der Waals surface area contributed by atoms with Crippen LogP contribution in [0.3, 0.4) is 0 Å². The SMILES string of the molecule is C.C.C.C.C.C.CC(C)CC[Si](C)(C)O[Si](C)(CCC(C)C)O[Si](C)(O[Si](C)(C)CCC(CC(=O)O)CC(=O)O)c1ccccc1.O=C=O.O=C=O.O=C=O.O=C=O. The minimum atomic E-state index is -2.96. The summed E-state index contributed by atoms with van der Waals surface area (Å²) in [7, 11) is -10.0. The molecule has 0 amide bonds. The van der Waals surface area contributed by atoms with Crippen LogP contribution >= 0.6 is 0 Å². The monoisotopic (exact) mass is 900 g/mol. The molecule has 0 spiro atoms. The van der Waals surface area contributed by atoms with E-state index < -0.39 is 51.6 Å². The van der Waals surface area contributed by atoms with Crippen molar-refractivity contribution in [3.05, 3.63) is 30.3 Å². The van der Waals surface area contributed by atoms with E-state index >= 15 is 0 Å². The minimum absolute atomic E-state index is 0. The maximum atomic E-state index is 11.4. The molecule has 2 unspecified atom stereocenters. The summed E-state index contributed by atoms with van der Waals surface area (Å²) in [4.78, 5) is 87.7. The first-order valence-electron chi connectivity index (χ1n) is 16.5. The van der Waals surface area contributed by atoms with Gasteiger partial charge in [-0.05, 0) is 93.2 Å². The fraction of sp³-hybridized carbons (Fsp3) is 0.692. The molecule has 0 aromatic heterocycles. The van der Waals surface area contributed by atoms with Crippen molar-refractivity contribution in [1.82, 2.24) is 0 Å². The molecular formula is C39H80O15Si4. The summed E-state index contributed by atoms with van der Waals surface area (Å²) in [5, 5.41) is 19.7. The molecule has 1 rings (SSSR count). The highest BCUT2D eigenvalue weighted by atomic mass is 28.5. The van der Waals surface area contributed by atoms with Gasteiger partial charge in [0.2, 0.25) is 0 Å². The zero-order valence-electron chi connectivity index (χ0n) is 32.0. The Morgan fingerprint density at radius 3 is 1.17 bits per heavy atom. The van der Waals surface area contributed by atoms with Gasteiger partial charge in [0.25, 0.3) is 0 Å². The molecule has 15 nitrogen and oxygen atoms in total.